The van der Waals surface area contributed by atoms with Gasteiger partial charge in [-0.2, -0.15) is 13.2 Å². The van der Waals surface area contributed by atoms with Crippen LogP contribution in [0.15, 0.2) is 48.5 Å². The van der Waals surface area contributed by atoms with Gasteiger partial charge in [-0.3, -0.25) is 0 Å². The first kappa shape index (κ1) is 15.2. The molecule has 0 radical (unpaired) electrons. The van der Waals surface area contributed by atoms with Gasteiger partial charge in [-0.25, -0.2) is 4.39 Å². The van der Waals surface area contributed by atoms with Crippen molar-refractivity contribution in [3.05, 3.63) is 59.7 Å². The Labute approximate surface area is 118 Å². The largest absolute Gasteiger partial charge is 0.508 e. The molecule has 0 spiro atoms. The molecule has 0 atom stereocenters. The zero-order valence-corrected chi connectivity index (χ0v) is 10.7. The number of halogens is 4. The number of benzene rings is 2. The Hall–Kier alpha value is -2.24. The monoisotopic (exact) mass is 300 g/mol. The third kappa shape index (κ3) is 2.53. The number of phenolic OH excluding ortho intramolecular Hbond substituents is 2. The van der Waals surface area contributed by atoms with Gasteiger partial charge in [-0.1, -0.05) is 24.3 Å². The average Bonchev–Trinajstić information content (AvgIpc) is 2.42. The van der Waals surface area contributed by atoms with Gasteiger partial charge in [0.25, 0.3) is 0 Å². The zero-order valence-electron chi connectivity index (χ0n) is 10.7. The summed E-state index contributed by atoms with van der Waals surface area (Å²) in [5, 5.41) is 18.4. The lowest BCUT2D eigenvalue weighted by atomic mass is 9.74. The van der Waals surface area contributed by atoms with Crippen LogP contribution in [0.3, 0.4) is 0 Å². The van der Waals surface area contributed by atoms with Crippen molar-refractivity contribution in [2.45, 2.75) is 11.6 Å². The quantitative estimate of drug-likeness (QED) is 0.844. The molecule has 0 aliphatic rings. The molecule has 21 heavy (non-hydrogen) atoms. The maximum atomic E-state index is 13.6. The van der Waals surface area contributed by atoms with Crippen LogP contribution in [0.1, 0.15) is 11.1 Å². The highest BCUT2D eigenvalue weighted by Crippen LogP contribution is 2.47. The lowest BCUT2D eigenvalue weighted by Gasteiger charge is -2.34. The third-order valence-corrected chi connectivity index (χ3v) is 3.40. The van der Waals surface area contributed by atoms with Gasteiger partial charge >= 0.3 is 6.18 Å². The highest BCUT2D eigenvalue weighted by atomic mass is 19.4. The zero-order chi connectivity index (χ0) is 15.7. The molecule has 112 valence electrons. The van der Waals surface area contributed by atoms with Gasteiger partial charge in [0.2, 0.25) is 0 Å². The van der Waals surface area contributed by atoms with Crippen molar-refractivity contribution in [2.24, 2.45) is 0 Å². The predicted molar refractivity (Wildman–Crippen MR) is 69.0 cm³/mol. The van der Waals surface area contributed by atoms with Gasteiger partial charge in [-0.05, 0) is 35.4 Å². The Balaban J connectivity index is 2.69. The molecule has 0 unspecified atom stereocenters. The molecule has 2 rings (SSSR count). The number of hydrogen-bond donors (Lipinski definition) is 2. The fourth-order valence-corrected chi connectivity index (χ4v) is 2.22. The Bertz CT molecular complexity index is 558. The maximum Gasteiger partial charge on any atom is 0.404 e. The highest BCUT2D eigenvalue weighted by molar-refractivity contribution is 5.45. The molecule has 0 amide bonds. The van der Waals surface area contributed by atoms with E-state index in [4.69, 9.17) is 0 Å². The molecule has 0 fully saturated rings. The molecule has 2 N–H and O–H groups in total. The van der Waals surface area contributed by atoms with Crippen LogP contribution in [0.25, 0.3) is 0 Å². The molecule has 0 aromatic heterocycles. The van der Waals surface area contributed by atoms with Gasteiger partial charge in [0.1, 0.15) is 23.6 Å². The summed E-state index contributed by atoms with van der Waals surface area (Å²) in [6.45, 7) is -1.69. The van der Waals surface area contributed by atoms with E-state index in [0.717, 1.165) is 48.5 Å². The summed E-state index contributed by atoms with van der Waals surface area (Å²) in [6.07, 6.45) is -4.88. The van der Waals surface area contributed by atoms with Crippen molar-refractivity contribution < 1.29 is 27.8 Å². The van der Waals surface area contributed by atoms with E-state index in [2.05, 4.69) is 0 Å². The van der Waals surface area contributed by atoms with Crippen LogP contribution in [0.4, 0.5) is 17.6 Å². The van der Waals surface area contributed by atoms with Crippen LogP contribution in [-0.4, -0.2) is 23.1 Å². The Morgan fingerprint density at radius 3 is 1.29 bits per heavy atom. The third-order valence-electron chi connectivity index (χ3n) is 3.40. The molecular formula is C15H12F4O2. The number of alkyl halides is 4. The summed E-state index contributed by atoms with van der Waals surface area (Å²) in [6, 6.07) is 8.45. The van der Waals surface area contributed by atoms with E-state index < -0.39 is 18.3 Å². The minimum absolute atomic E-state index is 0.209. The van der Waals surface area contributed by atoms with Crippen molar-refractivity contribution in [3.63, 3.8) is 0 Å². The minimum Gasteiger partial charge on any atom is -0.508 e. The van der Waals surface area contributed by atoms with Crippen LogP contribution < -0.4 is 0 Å². The van der Waals surface area contributed by atoms with Crippen molar-refractivity contribution in [1.29, 1.82) is 0 Å². The molecule has 0 saturated carbocycles. The van der Waals surface area contributed by atoms with E-state index in [1.807, 2.05) is 0 Å². The molecular weight excluding hydrogens is 288 g/mol. The second-order valence-electron chi connectivity index (χ2n) is 4.63. The fraction of sp³-hybridized carbons (Fsp3) is 0.200. The summed E-state index contributed by atoms with van der Waals surface area (Å²) in [5.41, 5.74) is -3.48. The van der Waals surface area contributed by atoms with E-state index in [-0.39, 0.29) is 22.6 Å². The van der Waals surface area contributed by atoms with E-state index in [9.17, 15) is 27.8 Å². The first-order chi connectivity index (χ1) is 9.81. The fourth-order valence-electron chi connectivity index (χ4n) is 2.22. The lowest BCUT2D eigenvalue weighted by Crippen LogP contribution is -2.45. The summed E-state index contributed by atoms with van der Waals surface area (Å²) in [5.74, 6) is -0.418. The van der Waals surface area contributed by atoms with E-state index in [1.54, 1.807) is 0 Å². The topological polar surface area (TPSA) is 40.5 Å². The SMILES string of the molecule is Oc1ccc(C(CF)(c2ccc(O)cc2)C(F)(F)F)cc1. The Kier molecular flexibility index (Phi) is 3.80. The van der Waals surface area contributed by atoms with Gasteiger partial charge in [-0.15, -0.1) is 0 Å². The average molecular weight is 300 g/mol. The van der Waals surface area contributed by atoms with E-state index in [0.29, 0.717) is 0 Å². The molecule has 0 aliphatic heterocycles. The maximum absolute atomic E-state index is 13.6. The molecule has 2 aromatic rings. The Morgan fingerprint density at radius 2 is 1.05 bits per heavy atom. The summed E-state index contributed by atoms with van der Waals surface area (Å²) >= 11 is 0. The summed E-state index contributed by atoms with van der Waals surface area (Å²) in [4.78, 5) is 0. The van der Waals surface area contributed by atoms with Crippen molar-refractivity contribution in [1.82, 2.24) is 0 Å². The molecule has 0 heterocycles. The van der Waals surface area contributed by atoms with Gasteiger partial charge in [0.15, 0.2) is 0 Å². The van der Waals surface area contributed by atoms with Gasteiger partial charge in [0.05, 0.1) is 0 Å². The number of hydrogen-bond acceptors (Lipinski definition) is 2. The van der Waals surface area contributed by atoms with Crippen molar-refractivity contribution >= 4 is 0 Å². The normalized spacial score (nSPS) is 12.4. The lowest BCUT2D eigenvalue weighted by molar-refractivity contribution is -0.182. The molecule has 2 nitrogen and oxygen atoms in total. The molecule has 0 saturated heterocycles. The number of rotatable bonds is 3. The van der Waals surface area contributed by atoms with Gasteiger partial charge in [0, 0.05) is 0 Å². The summed E-state index contributed by atoms with van der Waals surface area (Å²) in [7, 11) is 0. The first-order valence-electron chi connectivity index (χ1n) is 6.03. The number of phenols is 2. The first-order valence-corrected chi connectivity index (χ1v) is 6.03. The van der Waals surface area contributed by atoms with Crippen molar-refractivity contribution in [2.75, 3.05) is 6.67 Å². The van der Waals surface area contributed by atoms with Crippen LogP contribution in [0.5, 0.6) is 11.5 Å². The van der Waals surface area contributed by atoms with E-state index in [1.165, 1.54) is 0 Å². The van der Waals surface area contributed by atoms with Crippen LogP contribution in [0.2, 0.25) is 0 Å². The summed E-state index contributed by atoms with van der Waals surface area (Å²) < 4.78 is 54.3. The standard InChI is InChI=1S/C15H12F4O2/c16-9-14(15(17,18)19,10-1-5-12(20)6-2-10)11-3-7-13(21)8-4-11/h1-8,20-21H,9H2. The van der Waals surface area contributed by atoms with Gasteiger partial charge < -0.3 is 10.2 Å². The smallest absolute Gasteiger partial charge is 0.404 e. The van der Waals surface area contributed by atoms with E-state index >= 15 is 0 Å². The van der Waals surface area contributed by atoms with Crippen LogP contribution in [0, 0.1) is 0 Å². The number of aromatic hydroxyl groups is 2. The molecule has 6 heteroatoms. The Morgan fingerprint density at radius 1 is 0.714 bits per heavy atom. The molecule has 2 aromatic carbocycles. The second-order valence-corrected chi connectivity index (χ2v) is 4.63. The highest BCUT2D eigenvalue weighted by Gasteiger charge is 2.57. The predicted octanol–water partition coefficient (Wildman–Crippen LogP) is 3.92. The second kappa shape index (κ2) is 5.27. The van der Waals surface area contributed by atoms with Crippen LogP contribution in [-0.2, 0) is 5.41 Å². The molecule has 0 aliphatic carbocycles. The molecule has 0 bridgehead atoms. The minimum atomic E-state index is -4.88. The van der Waals surface area contributed by atoms with Crippen LogP contribution >= 0.6 is 0 Å². The van der Waals surface area contributed by atoms with Crippen molar-refractivity contribution in [3.8, 4) is 11.5 Å².